The summed E-state index contributed by atoms with van der Waals surface area (Å²) in [5.41, 5.74) is 7.21. The van der Waals surface area contributed by atoms with Gasteiger partial charge in [-0.3, -0.25) is 4.79 Å². The summed E-state index contributed by atoms with van der Waals surface area (Å²) in [6.45, 7) is 1.84. The van der Waals surface area contributed by atoms with Crippen molar-refractivity contribution in [1.82, 2.24) is 0 Å². The highest BCUT2D eigenvalue weighted by Gasteiger charge is 2.11. The van der Waals surface area contributed by atoms with E-state index < -0.39 is 23.4 Å². The number of hydrogen-bond acceptors (Lipinski definition) is 1. The second kappa shape index (κ2) is 7.81. The third-order valence-corrected chi connectivity index (χ3v) is 3.78. The molecule has 0 heterocycles. The molecule has 0 unspecified atom stereocenters. The van der Waals surface area contributed by atoms with E-state index in [0.717, 1.165) is 11.6 Å². The molecule has 0 aliphatic carbocycles. The SMILES string of the molecule is CC=C(CCCc1cc(F)cc(F)c1)c1ccc(F)c(C(N)=O)c1. The van der Waals surface area contributed by atoms with Crippen LogP contribution in [0.3, 0.4) is 0 Å². The molecule has 0 saturated heterocycles. The van der Waals surface area contributed by atoms with Crippen LogP contribution in [0.4, 0.5) is 13.2 Å². The van der Waals surface area contributed by atoms with E-state index in [4.69, 9.17) is 5.73 Å². The maximum Gasteiger partial charge on any atom is 0.251 e. The van der Waals surface area contributed by atoms with Crippen molar-refractivity contribution in [3.8, 4) is 0 Å². The van der Waals surface area contributed by atoms with Gasteiger partial charge in [0, 0.05) is 6.07 Å². The van der Waals surface area contributed by atoms with Crippen LogP contribution in [-0.4, -0.2) is 5.91 Å². The molecule has 2 aromatic carbocycles. The summed E-state index contributed by atoms with van der Waals surface area (Å²) < 4.78 is 39.9. The van der Waals surface area contributed by atoms with Gasteiger partial charge < -0.3 is 5.73 Å². The summed E-state index contributed by atoms with van der Waals surface area (Å²) in [5, 5.41) is 0. The van der Waals surface area contributed by atoms with Crippen LogP contribution in [-0.2, 0) is 6.42 Å². The Morgan fingerprint density at radius 3 is 2.33 bits per heavy atom. The van der Waals surface area contributed by atoms with Crippen molar-refractivity contribution in [3.05, 3.63) is 76.6 Å². The number of primary amides is 1. The molecule has 0 bridgehead atoms. The molecule has 0 aromatic heterocycles. The van der Waals surface area contributed by atoms with E-state index in [0.29, 0.717) is 30.4 Å². The van der Waals surface area contributed by atoms with Crippen LogP contribution in [0.15, 0.2) is 42.5 Å². The van der Waals surface area contributed by atoms with Crippen LogP contribution >= 0.6 is 0 Å². The molecule has 1 amide bonds. The van der Waals surface area contributed by atoms with Gasteiger partial charge in [0.15, 0.2) is 0 Å². The van der Waals surface area contributed by atoms with Crippen molar-refractivity contribution in [2.75, 3.05) is 0 Å². The van der Waals surface area contributed by atoms with E-state index >= 15 is 0 Å². The quantitative estimate of drug-likeness (QED) is 0.823. The predicted octanol–water partition coefficient (Wildman–Crippen LogP) is 4.63. The molecule has 0 aliphatic heterocycles. The van der Waals surface area contributed by atoms with Gasteiger partial charge in [-0.2, -0.15) is 0 Å². The molecule has 2 N–H and O–H groups in total. The van der Waals surface area contributed by atoms with Crippen LogP contribution in [0.2, 0.25) is 0 Å². The number of hydrogen-bond donors (Lipinski definition) is 1. The topological polar surface area (TPSA) is 43.1 Å². The first-order chi connectivity index (χ1) is 11.4. The number of aryl methyl sites for hydroxylation is 1. The second-order valence-corrected chi connectivity index (χ2v) is 5.50. The summed E-state index contributed by atoms with van der Waals surface area (Å²) >= 11 is 0. The largest absolute Gasteiger partial charge is 0.366 e. The number of nitrogens with two attached hydrogens (primary N) is 1. The first-order valence-electron chi connectivity index (χ1n) is 7.60. The van der Waals surface area contributed by atoms with Gasteiger partial charge in [-0.15, -0.1) is 0 Å². The lowest BCUT2D eigenvalue weighted by atomic mass is 9.96. The zero-order valence-corrected chi connectivity index (χ0v) is 13.3. The number of allylic oxidation sites excluding steroid dienone is 2. The Bertz CT molecular complexity index is 764. The van der Waals surface area contributed by atoms with Gasteiger partial charge in [-0.25, -0.2) is 13.2 Å². The third kappa shape index (κ3) is 4.47. The molecule has 5 heteroatoms. The van der Waals surface area contributed by atoms with Gasteiger partial charge in [0.2, 0.25) is 0 Å². The molecule has 2 nitrogen and oxygen atoms in total. The molecule has 24 heavy (non-hydrogen) atoms. The Morgan fingerprint density at radius 2 is 1.75 bits per heavy atom. The van der Waals surface area contributed by atoms with Gasteiger partial charge in [0.1, 0.15) is 17.5 Å². The van der Waals surface area contributed by atoms with Gasteiger partial charge in [0.05, 0.1) is 5.56 Å². The number of benzene rings is 2. The Hall–Kier alpha value is -2.56. The Balaban J connectivity index is 2.08. The molecular weight excluding hydrogens is 315 g/mol. The normalized spacial score (nSPS) is 11.6. The molecule has 0 atom stereocenters. The van der Waals surface area contributed by atoms with Crippen molar-refractivity contribution in [3.63, 3.8) is 0 Å². The van der Waals surface area contributed by atoms with E-state index in [9.17, 15) is 18.0 Å². The lowest BCUT2D eigenvalue weighted by Crippen LogP contribution is -2.13. The smallest absolute Gasteiger partial charge is 0.251 e. The molecule has 2 rings (SSSR count). The van der Waals surface area contributed by atoms with E-state index in [2.05, 4.69) is 0 Å². The second-order valence-electron chi connectivity index (χ2n) is 5.50. The molecule has 0 radical (unpaired) electrons. The molecular formula is C19H18F3NO. The summed E-state index contributed by atoms with van der Waals surface area (Å²) in [6.07, 6.45) is 3.66. The van der Waals surface area contributed by atoms with Crippen LogP contribution in [0.5, 0.6) is 0 Å². The number of amides is 1. The van der Waals surface area contributed by atoms with E-state index in [-0.39, 0.29) is 5.56 Å². The highest BCUT2D eigenvalue weighted by Crippen LogP contribution is 2.23. The zero-order chi connectivity index (χ0) is 17.7. The number of carbonyl (C=O) groups is 1. The van der Waals surface area contributed by atoms with Crippen molar-refractivity contribution >= 4 is 11.5 Å². The molecule has 0 saturated carbocycles. The monoisotopic (exact) mass is 333 g/mol. The van der Waals surface area contributed by atoms with Crippen LogP contribution in [0.1, 0.15) is 41.3 Å². The van der Waals surface area contributed by atoms with Crippen molar-refractivity contribution < 1.29 is 18.0 Å². The Morgan fingerprint density at radius 1 is 1.08 bits per heavy atom. The van der Waals surface area contributed by atoms with Gasteiger partial charge in [-0.05, 0) is 67.2 Å². The van der Waals surface area contributed by atoms with Gasteiger partial charge in [0.25, 0.3) is 5.91 Å². The Kier molecular flexibility index (Phi) is 5.79. The summed E-state index contributed by atoms with van der Waals surface area (Å²) in [7, 11) is 0. The average molecular weight is 333 g/mol. The van der Waals surface area contributed by atoms with E-state index in [1.54, 1.807) is 6.07 Å². The minimum Gasteiger partial charge on any atom is -0.366 e. The summed E-state index contributed by atoms with van der Waals surface area (Å²) in [4.78, 5) is 11.2. The fourth-order valence-corrected chi connectivity index (χ4v) is 2.61. The zero-order valence-electron chi connectivity index (χ0n) is 13.3. The summed E-state index contributed by atoms with van der Waals surface area (Å²) in [5.74, 6) is -2.67. The number of carbonyl (C=O) groups excluding carboxylic acids is 1. The number of halogens is 3. The van der Waals surface area contributed by atoms with Crippen LogP contribution in [0.25, 0.3) is 5.57 Å². The molecule has 0 aliphatic rings. The van der Waals surface area contributed by atoms with E-state index in [1.807, 2.05) is 13.0 Å². The molecule has 0 spiro atoms. The minimum atomic E-state index is -0.819. The molecule has 0 fully saturated rings. The van der Waals surface area contributed by atoms with Crippen molar-refractivity contribution in [2.45, 2.75) is 26.2 Å². The third-order valence-electron chi connectivity index (χ3n) is 3.78. The lowest BCUT2D eigenvalue weighted by molar-refractivity contribution is 0.0996. The van der Waals surface area contributed by atoms with Crippen molar-refractivity contribution in [1.29, 1.82) is 0 Å². The first-order valence-corrected chi connectivity index (χ1v) is 7.60. The Labute approximate surface area is 138 Å². The summed E-state index contributed by atoms with van der Waals surface area (Å²) in [6, 6.07) is 7.67. The fourth-order valence-electron chi connectivity index (χ4n) is 2.61. The highest BCUT2D eigenvalue weighted by atomic mass is 19.1. The first kappa shape index (κ1) is 17.8. The fraction of sp³-hybridized carbons (Fsp3) is 0.211. The minimum absolute atomic E-state index is 0.154. The molecule has 126 valence electrons. The van der Waals surface area contributed by atoms with Crippen LogP contribution in [0, 0.1) is 17.5 Å². The standard InChI is InChI=1S/C19H18F3NO/c1-2-13(14-6-7-18(22)17(10-14)19(23)24)5-3-4-12-8-15(20)11-16(21)9-12/h2,6-11H,3-5H2,1H3,(H2,23,24). The highest BCUT2D eigenvalue weighted by molar-refractivity contribution is 5.94. The molecule has 2 aromatic rings. The average Bonchev–Trinajstić information content (AvgIpc) is 2.51. The van der Waals surface area contributed by atoms with E-state index in [1.165, 1.54) is 24.3 Å². The maximum absolute atomic E-state index is 13.5. The van der Waals surface area contributed by atoms with Gasteiger partial charge in [-0.1, -0.05) is 12.1 Å². The predicted molar refractivity (Wildman–Crippen MR) is 87.9 cm³/mol. The van der Waals surface area contributed by atoms with Crippen LogP contribution < -0.4 is 5.73 Å². The number of rotatable bonds is 6. The lowest BCUT2D eigenvalue weighted by Gasteiger charge is -2.10. The van der Waals surface area contributed by atoms with Gasteiger partial charge >= 0.3 is 0 Å². The van der Waals surface area contributed by atoms with Crippen molar-refractivity contribution in [2.24, 2.45) is 5.73 Å². The maximum atomic E-state index is 13.5.